The lowest BCUT2D eigenvalue weighted by atomic mass is 9.89. The van der Waals surface area contributed by atoms with Gasteiger partial charge in [0.15, 0.2) is 6.29 Å². The summed E-state index contributed by atoms with van der Waals surface area (Å²) in [6.45, 7) is 6.01. The Bertz CT molecular complexity index is 893. The Balaban J connectivity index is 0.000000343. The number of nitrogens with zero attached hydrogens (tertiary/aromatic N) is 2. The SMILES string of the molecule is CC.CN(Cc1cc(N2CCC(O)CC2)ccc1C=O)C1CCC(=O)NC1=O.COC(OC)C1CCCCC1. The average molecular weight is 548 g/mol. The molecule has 1 aromatic carbocycles. The molecule has 1 unspecified atom stereocenters. The Kier molecular flexibility index (Phi) is 14.7. The fourth-order valence-corrected chi connectivity index (χ4v) is 5.53. The number of methoxy groups -OCH3 is 2. The number of hydrogen-bond donors (Lipinski definition) is 2. The summed E-state index contributed by atoms with van der Waals surface area (Å²) >= 11 is 0. The van der Waals surface area contributed by atoms with Gasteiger partial charge in [-0.3, -0.25) is 24.6 Å². The molecule has 1 atom stereocenters. The first kappa shape index (κ1) is 32.9. The van der Waals surface area contributed by atoms with E-state index in [2.05, 4.69) is 10.2 Å². The molecule has 3 fully saturated rings. The number of aliphatic hydroxyl groups is 1. The van der Waals surface area contributed by atoms with Crippen LogP contribution < -0.4 is 10.2 Å². The van der Waals surface area contributed by atoms with Gasteiger partial charge in [-0.25, -0.2) is 0 Å². The minimum atomic E-state index is -0.374. The van der Waals surface area contributed by atoms with E-state index in [-0.39, 0.29) is 30.3 Å². The molecule has 3 aliphatic rings. The number of nitrogens with one attached hydrogen (secondary N) is 1. The number of carbonyl (C=O) groups is 3. The van der Waals surface area contributed by atoms with Crippen LogP contribution in [0.1, 0.15) is 87.6 Å². The van der Waals surface area contributed by atoms with Gasteiger partial charge >= 0.3 is 0 Å². The number of amides is 2. The molecular formula is C30H49N3O6. The molecule has 2 aliphatic heterocycles. The number of rotatable bonds is 8. The van der Waals surface area contributed by atoms with Crippen LogP contribution in [0, 0.1) is 5.92 Å². The number of anilines is 1. The highest BCUT2D eigenvalue weighted by molar-refractivity contribution is 6.00. The van der Waals surface area contributed by atoms with Gasteiger partial charge in [0.05, 0.1) is 12.1 Å². The highest BCUT2D eigenvalue weighted by atomic mass is 16.7. The van der Waals surface area contributed by atoms with Crippen molar-refractivity contribution in [2.24, 2.45) is 5.92 Å². The lowest BCUT2D eigenvalue weighted by molar-refractivity contribution is -0.143. The zero-order valence-corrected chi connectivity index (χ0v) is 24.5. The first-order chi connectivity index (χ1) is 18.9. The second kappa shape index (κ2) is 17.4. The van der Waals surface area contributed by atoms with Gasteiger partial charge in [-0.1, -0.05) is 33.1 Å². The van der Waals surface area contributed by atoms with E-state index in [0.717, 1.165) is 43.5 Å². The largest absolute Gasteiger partial charge is 0.393 e. The zero-order valence-electron chi connectivity index (χ0n) is 24.5. The molecule has 1 saturated carbocycles. The van der Waals surface area contributed by atoms with Crippen molar-refractivity contribution in [1.82, 2.24) is 10.2 Å². The maximum absolute atomic E-state index is 12.1. The molecule has 39 heavy (non-hydrogen) atoms. The molecular weight excluding hydrogens is 498 g/mol. The van der Waals surface area contributed by atoms with Crippen LogP contribution in [-0.2, 0) is 25.6 Å². The standard InChI is InChI=1S/C19H25N3O4.C9H18O2.C2H6/c1-21(17-4-5-18(25)20-19(17)26)11-14-10-15(3-2-13(14)12-23)22-8-6-16(24)7-9-22;1-10-9(11-2)8-6-4-3-5-7-8;1-2/h2-3,10,12,16-17,24H,4-9,11H2,1H3,(H,20,25,26);8-9H,3-7H2,1-2H3;1-2H3. The minimum Gasteiger partial charge on any atom is -0.393 e. The van der Waals surface area contributed by atoms with E-state index < -0.39 is 0 Å². The summed E-state index contributed by atoms with van der Waals surface area (Å²) in [4.78, 5) is 38.9. The molecule has 1 aliphatic carbocycles. The Labute approximate surface area is 234 Å². The highest BCUT2D eigenvalue weighted by Crippen LogP contribution is 2.28. The van der Waals surface area contributed by atoms with Gasteiger partial charge in [0.1, 0.15) is 6.29 Å². The summed E-state index contributed by atoms with van der Waals surface area (Å²) in [7, 11) is 5.28. The van der Waals surface area contributed by atoms with E-state index in [1.807, 2.05) is 37.9 Å². The molecule has 0 spiro atoms. The normalized spacial score (nSPS) is 20.6. The first-order valence-corrected chi connectivity index (χ1v) is 14.5. The van der Waals surface area contributed by atoms with Crippen molar-refractivity contribution in [1.29, 1.82) is 0 Å². The first-order valence-electron chi connectivity index (χ1n) is 14.5. The summed E-state index contributed by atoms with van der Waals surface area (Å²) < 4.78 is 10.4. The van der Waals surface area contributed by atoms with Crippen molar-refractivity contribution in [3.05, 3.63) is 29.3 Å². The molecule has 0 radical (unpaired) electrons. The lowest BCUT2D eigenvalue weighted by Gasteiger charge is -2.33. The molecule has 9 heteroatoms. The van der Waals surface area contributed by atoms with Crippen LogP contribution in [0.4, 0.5) is 5.69 Å². The van der Waals surface area contributed by atoms with Gasteiger partial charge in [-0.15, -0.1) is 0 Å². The van der Waals surface area contributed by atoms with Crippen LogP contribution in [0.25, 0.3) is 0 Å². The number of ether oxygens (including phenoxy) is 2. The van der Waals surface area contributed by atoms with Crippen LogP contribution in [0.15, 0.2) is 18.2 Å². The third-order valence-electron chi connectivity index (χ3n) is 7.74. The Hall–Kier alpha value is -2.33. The number of likely N-dealkylation sites (N-methyl/N-ethyl adjacent to an activating group) is 1. The molecule has 2 heterocycles. The Morgan fingerprint density at radius 2 is 1.69 bits per heavy atom. The van der Waals surface area contributed by atoms with Gasteiger partial charge in [0, 0.05) is 57.4 Å². The minimum absolute atomic E-state index is 0.0373. The smallest absolute Gasteiger partial charge is 0.243 e. The molecule has 4 rings (SSSR count). The van der Waals surface area contributed by atoms with E-state index in [4.69, 9.17) is 9.47 Å². The summed E-state index contributed by atoms with van der Waals surface area (Å²) in [6, 6.07) is 5.35. The Morgan fingerprint density at radius 3 is 2.26 bits per heavy atom. The van der Waals surface area contributed by atoms with Crippen LogP contribution >= 0.6 is 0 Å². The quantitative estimate of drug-likeness (QED) is 0.287. The summed E-state index contributed by atoms with van der Waals surface area (Å²) in [5.74, 6) is 0.124. The van der Waals surface area contributed by atoms with Crippen LogP contribution in [0.5, 0.6) is 0 Å². The fourth-order valence-electron chi connectivity index (χ4n) is 5.53. The van der Waals surface area contributed by atoms with Crippen molar-refractivity contribution in [2.45, 2.75) is 96.6 Å². The summed E-state index contributed by atoms with van der Waals surface area (Å²) in [5.41, 5.74) is 2.48. The van der Waals surface area contributed by atoms with Gasteiger partial charge in [-0.2, -0.15) is 0 Å². The summed E-state index contributed by atoms with van der Waals surface area (Å²) in [5, 5.41) is 12.0. The third-order valence-corrected chi connectivity index (χ3v) is 7.74. The van der Waals surface area contributed by atoms with E-state index in [9.17, 15) is 19.5 Å². The summed E-state index contributed by atoms with van der Waals surface area (Å²) in [6.07, 6.45) is 9.53. The van der Waals surface area contributed by atoms with Gasteiger partial charge in [-0.05, 0) is 62.9 Å². The maximum atomic E-state index is 12.1. The van der Waals surface area contributed by atoms with E-state index >= 15 is 0 Å². The molecule has 9 nitrogen and oxygen atoms in total. The van der Waals surface area contributed by atoms with Crippen molar-refractivity contribution in [3.63, 3.8) is 0 Å². The van der Waals surface area contributed by atoms with Crippen molar-refractivity contribution < 1.29 is 29.0 Å². The van der Waals surface area contributed by atoms with Gasteiger partial charge < -0.3 is 19.5 Å². The number of aliphatic hydroxyl groups excluding tert-OH is 1. The van der Waals surface area contributed by atoms with Crippen LogP contribution in [0.3, 0.4) is 0 Å². The molecule has 0 bridgehead atoms. The molecule has 2 amide bonds. The second-order valence-electron chi connectivity index (χ2n) is 10.3. The van der Waals surface area contributed by atoms with Gasteiger partial charge in [0.2, 0.25) is 11.8 Å². The molecule has 2 saturated heterocycles. The average Bonchev–Trinajstić information content (AvgIpc) is 2.96. The number of aldehydes is 1. The number of hydrogen-bond acceptors (Lipinski definition) is 8. The number of imide groups is 1. The lowest BCUT2D eigenvalue weighted by Crippen LogP contribution is -2.51. The second-order valence-corrected chi connectivity index (χ2v) is 10.3. The monoisotopic (exact) mass is 547 g/mol. The van der Waals surface area contributed by atoms with E-state index in [0.29, 0.717) is 30.9 Å². The predicted octanol–water partition coefficient (Wildman–Crippen LogP) is 3.91. The van der Waals surface area contributed by atoms with Crippen molar-refractivity contribution in [2.75, 3.05) is 39.3 Å². The predicted molar refractivity (Wildman–Crippen MR) is 153 cm³/mol. The molecule has 1 aromatic rings. The fraction of sp³-hybridized carbons (Fsp3) is 0.700. The zero-order chi connectivity index (χ0) is 28.8. The molecule has 220 valence electrons. The topological polar surface area (TPSA) is 108 Å². The van der Waals surface area contributed by atoms with Crippen molar-refractivity contribution >= 4 is 23.8 Å². The van der Waals surface area contributed by atoms with Crippen LogP contribution in [-0.4, -0.2) is 80.9 Å². The number of benzene rings is 1. The Morgan fingerprint density at radius 1 is 1.05 bits per heavy atom. The van der Waals surface area contributed by atoms with E-state index in [1.165, 1.54) is 32.1 Å². The van der Waals surface area contributed by atoms with Crippen molar-refractivity contribution in [3.8, 4) is 0 Å². The molecule has 2 N–H and O–H groups in total. The van der Waals surface area contributed by atoms with Gasteiger partial charge in [0.25, 0.3) is 0 Å². The maximum Gasteiger partial charge on any atom is 0.243 e. The number of carbonyl (C=O) groups excluding carboxylic acids is 3. The van der Waals surface area contributed by atoms with Crippen LogP contribution in [0.2, 0.25) is 0 Å². The highest BCUT2D eigenvalue weighted by Gasteiger charge is 2.30. The number of piperidine rings is 2. The third kappa shape index (κ3) is 9.98. The molecule has 0 aromatic heterocycles. The van der Waals surface area contributed by atoms with E-state index in [1.54, 1.807) is 20.3 Å².